The predicted molar refractivity (Wildman–Crippen MR) is 145 cm³/mol. The lowest BCUT2D eigenvalue weighted by molar-refractivity contribution is -0.136. The van der Waals surface area contributed by atoms with Crippen molar-refractivity contribution in [2.45, 2.75) is 19.8 Å². The molecule has 0 aliphatic rings. The maximum Gasteiger partial charge on any atom is 0.329 e. The monoisotopic (exact) mass is 518 g/mol. The van der Waals surface area contributed by atoms with Gasteiger partial charge in [0, 0.05) is 23.0 Å². The number of carbonyl (C=O) groups excluding carboxylic acids is 3. The van der Waals surface area contributed by atoms with Crippen molar-refractivity contribution in [1.29, 1.82) is 0 Å². The standard InChI is InChI=1S/C28H30N4O6/c1-3-4-16-37-23-14-12-21(13-15-23)31-27(34)28(35)32-29-18-20-8-5-6-11-25(20)38-19-26(33)30-22-9-7-10-24(17-22)36-2/h5-15,17-18H,3-4,16,19H2,1-2H3,(H,30,33)(H,31,34)(H,32,35)/b29-18-. The fourth-order valence-corrected chi connectivity index (χ4v) is 3.13. The molecule has 3 amide bonds. The number of nitrogens with one attached hydrogen (secondary N) is 3. The Morgan fingerprint density at radius 1 is 0.842 bits per heavy atom. The number of rotatable bonds is 12. The number of nitrogens with zero attached hydrogens (tertiary/aromatic N) is 1. The van der Waals surface area contributed by atoms with E-state index in [0.29, 0.717) is 40.8 Å². The van der Waals surface area contributed by atoms with Crippen LogP contribution in [0.3, 0.4) is 0 Å². The third-order valence-electron chi connectivity index (χ3n) is 5.09. The Morgan fingerprint density at radius 3 is 2.39 bits per heavy atom. The van der Waals surface area contributed by atoms with Crippen molar-refractivity contribution in [3.63, 3.8) is 0 Å². The van der Waals surface area contributed by atoms with E-state index in [2.05, 4.69) is 28.1 Å². The van der Waals surface area contributed by atoms with E-state index >= 15 is 0 Å². The van der Waals surface area contributed by atoms with Gasteiger partial charge < -0.3 is 24.8 Å². The maximum atomic E-state index is 12.3. The van der Waals surface area contributed by atoms with Crippen molar-refractivity contribution in [2.24, 2.45) is 5.10 Å². The molecule has 0 aromatic heterocycles. The van der Waals surface area contributed by atoms with Crippen LogP contribution in [-0.2, 0) is 14.4 Å². The Bertz CT molecular complexity index is 1260. The van der Waals surface area contributed by atoms with Gasteiger partial charge in [0.05, 0.1) is 19.9 Å². The number of amides is 3. The normalized spacial score (nSPS) is 10.5. The first-order valence-electron chi connectivity index (χ1n) is 12.0. The molecular weight excluding hydrogens is 488 g/mol. The molecule has 0 spiro atoms. The third kappa shape index (κ3) is 8.98. The summed E-state index contributed by atoms with van der Waals surface area (Å²) in [4.78, 5) is 36.6. The summed E-state index contributed by atoms with van der Waals surface area (Å²) in [5.74, 6) is -0.510. The van der Waals surface area contributed by atoms with Crippen molar-refractivity contribution in [3.8, 4) is 17.2 Å². The number of hydrogen-bond donors (Lipinski definition) is 3. The molecule has 0 heterocycles. The smallest absolute Gasteiger partial charge is 0.329 e. The molecule has 10 heteroatoms. The molecular formula is C28H30N4O6. The van der Waals surface area contributed by atoms with Crippen LogP contribution in [-0.4, -0.2) is 44.3 Å². The van der Waals surface area contributed by atoms with Crippen molar-refractivity contribution in [3.05, 3.63) is 78.4 Å². The van der Waals surface area contributed by atoms with Gasteiger partial charge >= 0.3 is 11.8 Å². The minimum absolute atomic E-state index is 0.251. The Balaban J connectivity index is 1.48. The van der Waals surface area contributed by atoms with E-state index in [0.717, 1.165) is 12.8 Å². The molecule has 0 radical (unpaired) electrons. The van der Waals surface area contributed by atoms with Crippen molar-refractivity contribution in [2.75, 3.05) is 31.0 Å². The number of methoxy groups -OCH3 is 1. The summed E-state index contributed by atoms with van der Waals surface area (Å²) in [6, 6.07) is 20.5. The Morgan fingerprint density at radius 2 is 1.63 bits per heavy atom. The highest BCUT2D eigenvalue weighted by molar-refractivity contribution is 6.39. The van der Waals surface area contributed by atoms with Crippen LogP contribution in [0, 0.1) is 0 Å². The zero-order valence-electron chi connectivity index (χ0n) is 21.2. The molecule has 3 aromatic carbocycles. The number of ether oxygens (including phenoxy) is 3. The highest BCUT2D eigenvalue weighted by Gasteiger charge is 2.13. The summed E-state index contributed by atoms with van der Waals surface area (Å²) in [7, 11) is 1.54. The summed E-state index contributed by atoms with van der Waals surface area (Å²) in [6.07, 6.45) is 3.31. The summed E-state index contributed by atoms with van der Waals surface area (Å²) < 4.78 is 16.3. The summed E-state index contributed by atoms with van der Waals surface area (Å²) in [5.41, 5.74) is 3.70. The molecule has 0 unspecified atom stereocenters. The molecule has 0 saturated carbocycles. The van der Waals surface area contributed by atoms with Crippen LogP contribution in [0.2, 0.25) is 0 Å². The number of hydrazone groups is 1. The molecule has 0 aliphatic heterocycles. The fourth-order valence-electron chi connectivity index (χ4n) is 3.13. The van der Waals surface area contributed by atoms with Crippen LogP contribution in [0.4, 0.5) is 11.4 Å². The van der Waals surface area contributed by atoms with Crippen molar-refractivity contribution in [1.82, 2.24) is 5.43 Å². The number of anilines is 2. The molecule has 10 nitrogen and oxygen atoms in total. The van der Waals surface area contributed by atoms with E-state index in [4.69, 9.17) is 14.2 Å². The minimum Gasteiger partial charge on any atom is -0.497 e. The van der Waals surface area contributed by atoms with E-state index in [1.807, 2.05) is 0 Å². The molecule has 0 saturated heterocycles. The molecule has 0 bridgehead atoms. The van der Waals surface area contributed by atoms with E-state index in [1.165, 1.54) is 6.21 Å². The van der Waals surface area contributed by atoms with Crippen LogP contribution in [0.25, 0.3) is 0 Å². The highest BCUT2D eigenvalue weighted by atomic mass is 16.5. The van der Waals surface area contributed by atoms with Crippen LogP contribution in [0.15, 0.2) is 77.9 Å². The van der Waals surface area contributed by atoms with Gasteiger partial charge in [0.2, 0.25) is 0 Å². The first-order chi connectivity index (χ1) is 18.5. The average molecular weight is 519 g/mol. The average Bonchev–Trinajstić information content (AvgIpc) is 2.93. The lowest BCUT2D eigenvalue weighted by atomic mass is 10.2. The quantitative estimate of drug-likeness (QED) is 0.144. The van der Waals surface area contributed by atoms with Gasteiger partial charge in [-0.1, -0.05) is 31.5 Å². The van der Waals surface area contributed by atoms with Crippen LogP contribution < -0.4 is 30.3 Å². The topological polar surface area (TPSA) is 127 Å². The van der Waals surface area contributed by atoms with Gasteiger partial charge in [-0.2, -0.15) is 5.10 Å². The van der Waals surface area contributed by atoms with Gasteiger partial charge in [0.25, 0.3) is 5.91 Å². The Kier molecular flexibility index (Phi) is 10.7. The van der Waals surface area contributed by atoms with Crippen LogP contribution in [0.5, 0.6) is 17.2 Å². The van der Waals surface area contributed by atoms with Gasteiger partial charge in [0.1, 0.15) is 17.2 Å². The van der Waals surface area contributed by atoms with E-state index in [1.54, 1.807) is 79.9 Å². The number of hydrogen-bond acceptors (Lipinski definition) is 7. The molecule has 0 atom stereocenters. The second-order valence-corrected chi connectivity index (χ2v) is 7.99. The van der Waals surface area contributed by atoms with Gasteiger partial charge in [-0.15, -0.1) is 0 Å². The second kappa shape index (κ2) is 14.6. The van der Waals surface area contributed by atoms with E-state index in [-0.39, 0.29) is 12.5 Å². The molecule has 3 aromatic rings. The fraction of sp³-hybridized carbons (Fsp3) is 0.214. The van der Waals surface area contributed by atoms with E-state index in [9.17, 15) is 14.4 Å². The summed E-state index contributed by atoms with van der Waals surface area (Å²) in [5, 5.41) is 9.06. The number of benzene rings is 3. The zero-order valence-corrected chi connectivity index (χ0v) is 21.2. The number of carbonyl (C=O) groups is 3. The minimum atomic E-state index is -0.944. The van der Waals surface area contributed by atoms with E-state index < -0.39 is 11.8 Å². The predicted octanol–water partition coefficient (Wildman–Crippen LogP) is 3.98. The molecule has 3 N–H and O–H groups in total. The summed E-state index contributed by atoms with van der Waals surface area (Å²) in [6.45, 7) is 2.45. The Labute approximate surface area is 221 Å². The van der Waals surface area contributed by atoms with Crippen molar-refractivity contribution >= 4 is 35.3 Å². The van der Waals surface area contributed by atoms with Gasteiger partial charge in [-0.3, -0.25) is 14.4 Å². The Hall–Kier alpha value is -4.86. The lowest BCUT2D eigenvalue weighted by Gasteiger charge is -2.10. The number of para-hydroxylation sites is 1. The maximum absolute atomic E-state index is 12.3. The molecule has 0 fully saturated rings. The first kappa shape index (κ1) is 27.7. The SMILES string of the molecule is CCCCOc1ccc(NC(=O)C(=O)N/N=C\c2ccccc2OCC(=O)Nc2cccc(OC)c2)cc1. The highest BCUT2D eigenvalue weighted by Crippen LogP contribution is 2.18. The van der Waals surface area contributed by atoms with Crippen LogP contribution >= 0.6 is 0 Å². The molecule has 3 rings (SSSR count). The first-order valence-corrected chi connectivity index (χ1v) is 12.0. The van der Waals surface area contributed by atoms with Gasteiger partial charge in [-0.05, 0) is 55.0 Å². The summed E-state index contributed by atoms with van der Waals surface area (Å²) >= 11 is 0. The zero-order chi connectivity index (χ0) is 27.2. The van der Waals surface area contributed by atoms with Crippen LogP contribution in [0.1, 0.15) is 25.3 Å². The largest absolute Gasteiger partial charge is 0.497 e. The van der Waals surface area contributed by atoms with Gasteiger partial charge in [-0.25, -0.2) is 5.43 Å². The molecule has 0 aliphatic carbocycles. The molecule has 38 heavy (non-hydrogen) atoms. The van der Waals surface area contributed by atoms with Crippen molar-refractivity contribution < 1.29 is 28.6 Å². The number of unbranched alkanes of at least 4 members (excludes halogenated alkanes) is 1. The lowest BCUT2D eigenvalue weighted by Crippen LogP contribution is -2.32. The van der Waals surface area contributed by atoms with Gasteiger partial charge in [0.15, 0.2) is 6.61 Å². The third-order valence-corrected chi connectivity index (χ3v) is 5.09. The second-order valence-electron chi connectivity index (χ2n) is 7.99. The molecule has 198 valence electrons.